The number of hydrogen-bond donors (Lipinski definition) is 4. The molecule has 2 aliphatic heterocycles. The number of benzene rings is 2. The Kier molecular flexibility index (Phi) is 9.68. The monoisotopic (exact) mass is 649 g/mol. The smallest absolute Gasteiger partial charge is 0.488 e. The molecule has 8 nitrogen and oxygen atoms in total. The highest BCUT2D eigenvalue weighted by molar-refractivity contribution is 9.10. The zero-order valence-electron chi connectivity index (χ0n) is 24.7. The van der Waals surface area contributed by atoms with Gasteiger partial charge in [-0.15, -0.1) is 0 Å². The number of hydrogen-bond acceptors (Lipinski definition) is 7. The topological polar surface area (TPSA) is 128 Å². The summed E-state index contributed by atoms with van der Waals surface area (Å²) in [5.74, 6) is -1.82. The van der Waals surface area contributed by atoms with Crippen LogP contribution in [-0.4, -0.2) is 52.3 Å². The van der Waals surface area contributed by atoms with Crippen LogP contribution in [0.2, 0.25) is 6.32 Å². The van der Waals surface area contributed by atoms with Gasteiger partial charge in [0.05, 0.1) is 23.6 Å². The summed E-state index contributed by atoms with van der Waals surface area (Å²) in [4.78, 5) is 29.0. The Labute approximate surface area is 261 Å². The highest BCUT2D eigenvalue weighted by Crippen LogP contribution is 2.52. The molecule has 226 valence electrons. The van der Waals surface area contributed by atoms with Crippen LogP contribution in [-0.2, 0) is 14.2 Å². The molecule has 1 aliphatic carbocycles. The summed E-state index contributed by atoms with van der Waals surface area (Å²) >= 11 is 3.48. The van der Waals surface area contributed by atoms with Gasteiger partial charge in [-0.2, -0.15) is 0 Å². The van der Waals surface area contributed by atoms with E-state index in [1.54, 1.807) is 24.3 Å². The summed E-state index contributed by atoms with van der Waals surface area (Å²) in [6.07, 6.45) is 5.34. The van der Waals surface area contributed by atoms with Crippen LogP contribution < -0.4 is 10.4 Å². The Morgan fingerprint density at radius 3 is 2.60 bits per heavy atom. The first kappa shape index (κ1) is 31.7. The van der Waals surface area contributed by atoms with Crippen molar-refractivity contribution in [2.45, 2.75) is 65.3 Å². The highest BCUT2D eigenvalue weighted by Gasteiger charge is 2.57. The zero-order chi connectivity index (χ0) is 31.0. The number of nitrogens with zero attached hydrogens (tertiary/aromatic N) is 1. The first-order valence-corrected chi connectivity index (χ1v) is 15.9. The number of phenols is 1. The first-order chi connectivity index (χ1) is 20.5. The van der Waals surface area contributed by atoms with Gasteiger partial charge in [0.1, 0.15) is 5.75 Å². The van der Waals surface area contributed by atoms with Crippen LogP contribution in [0.3, 0.4) is 0 Å². The molecule has 2 aromatic carbocycles. The van der Waals surface area contributed by atoms with Crippen molar-refractivity contribution in [1.82, 2.24) is 0 Å². The average Bonchev–Trinajstić information content (AvgIpc) is 3.22. The lowest BCUT2D eigenvalue weighted by molar-refractivity contribution is -0.122. The normalized spacial score (nSPS) is 24.1. The number of aromatic hydroxyl groups is 1. The molecular formula is C32H38B2BrNO7. The van der Waals surface area contributed by atoms with Crippen LogP contribution in [0, 0.1) is 23.7 Å². The molecule has 2 amide bonds. The van der Waals surface area contributed by atoms with Gasteiger partial charge in [-0.3, -0.25) is 14.5 Å². The average molecular weight is 650 g/mol. The van der Waals surface area contributed by atoms with E-state index in [2.05, 4.69) is 36.7 Å². The highest BCUT2D eigenvalue weighted by atomic mass is 79.9. The molecule has 5 rings (SSSR count). The Morgan fingerprint density at radius 2 is 1.91 bits per heavy atom. The number of fused-ring (bicyclic) bond motifs is 3. The molecule has 3 aliphatic rings. The third-order valence-corrected chi connectivity index (χ3v) is 9.51. The van der Waals surface area contributed by atoms with Gasteiger partial charge in [-0.1, -0.05) is 72.5 Å². The largest absolute Gasteiger partial charge is 0.507 e. The number of allylic oxidation sites excluding steroid dienone is 2. The van der Waals surface area contributed by atoms with E-state index >= 15 is 0 Å². The molecule has 0 bridgehead atoms. The van der Waals surface area contributed by atoms with Gasteiger partial charge in [0.25, 0.3) is 0 Å². The number of carbonyl (C=O) groups is 2. The fourth-order valence-corrected chi connectivity index (χ4v) is 7.48. The van der Waals surface area contributed by atoms with Crippen molar-refractivity contribution >= 4 is 59.2 Å². The van der Waals surface area contributed by atoms with E-state index < -0.39 is 32.2 Å². The minimum Gasteiger partial charge on any atom is -0.507 e. The van der Waals surface area contributed by atoms with Gasteiger partial charge < -0.3 is 24.8 Å². The van der Waals surface area contributed by atoms with Crippen molar-refractivity contribution in [3.8, 4) is 5.75 Å². The SMILES string of the molecule is CCC/C(=C\c1cc(Br)ccc1O)CC[C@H]1OB(O)C[C@H]2C1=C(C(C)C)C[C@H]1C(=O)N(c3cccc(B(O)O)c3)C(=O)[C@H]12. The van der Waals surface area contributed by atoms with Gasteiger partial charge in [0, 0.05) is 10.0 Å². The third kappa shape index (κ3) is 6.42. The predicted octanol–water partition coefficient (Wildman–Crippen LogP) is 4.46. The van der Waals surface area contributed by atoms with Gasteiger partial charge in [0.15, 0.2) is 0 Å². The molecule has 4 N–H and O–H groups in total. The molecule has 0 spiro atoms. The predicted molar refractivity (Wildman–Crippen MR) is 171 cm³/mol. The summed E-state index contributed by atoms with van der Waals surface area (Å²) in [6.45, 7) is 6.29. The molecule has 2 aromatic rings. The van der Waals surface area contributed by atoms with Crippen molar-refractivity contribution in [2.24, 2.45) is 23.7 Å². The van der Waals surface area contributed by atoms with Crippen LogP contribution in [0.25, 0.3) is 6.08 Å². The maximum absolute atomic E-state index is 14.0. The van der Waals surface area contributed by atoms with Crippen molar-refractivity contribution in [2.75, 3.05) is 4.90 Å². The fraction of sp³-hybridized carbons (Fsp3) is 0.438. The molecule has 0 radical (unpaired) electrons. The minimum atomic E-state index is -1.72. The molecule has 0 saturated carbocycles. The lowest BCUT2D eigenvalue weighted by Crippen LogP contribution is -2.46. The summed E-state index contributed by atoms with van der Waals surface area (Å²) in [5, 5.41) is 40.7. The van der Waals surface area contributed by atoms with E-state index in [-0.39, 0.29) is 41.2 Å². The summed E-state index contributed by atoms with van der Waals surface area (Å²) in [5.41, 5.74) is 4.54. The fourth-order valence-electron chi connectivity index (χ4n) is 7.10. The zero-order valence-corrected chi connectivity index (χ0v) is 26.3. The summed E-state index contributed by atoms with van der Waals surface area (Å²) in [7, 11) is -2.79. The molecule has 4 atom stereocenters. The molecular weight excluding hydrogens is 612 g/mol. The van der Waals surface area contributed by atoms with Crippen LogP contribution in [0.5, 0.6) is 5.75 Å². The summed E-state index contributed by atoms with van der Waals surface area (Å²) in [6, 6.07) is 11.6. The molecule has 2 fully saturated rings. The second-order valence-electron chi connectivity index (χ2n) is 12.2. The molecule has 2 saturated heterocycles. The Morgan fingerprint density at radius 1 is 1.14 bits per heavy atom. The second-order valence-corrected chi connectivity index (χ2v) is 13.1. The number of rotatable bonds is 9. The lowest BCUT2D eigenvalue weighted by atomic mass is 9.57. The number of imide groups is 1. The van der Waals surface area contributed by atoms with Crippen LogP contribution in [0.15, 0.2) is 63.7 Å². The number of anilines is 1. The van der Waals surface area contributed by atoms with Crippen molar-refractivity contribution < 1.29 is 34.4 Å². The van der Waals surface area contributed by atoms with E-state index in [0.29, 0.717) is 24.9 Å². The minimum absolute atomic E-state index is 0.119. The maximum atomic E-state index is 14.0. The first-order valence-electron chi connectivity index (χ1n) is 15.1. The standard InChI is InChI=1S/C32H38B2BrNO7/c1-4-6-19(13-20-14-22(35)10-11-27(20)37)9-12-28-29-24(18(2)3)16-25-30(26(29)17-33(40)43-28)32(39)36(31(25)38)23-8-5-7-21(15-23)34(41)42/h5,7-8,10-11,13-15,18,25-26,28,30,37,40-42H,4,6,9,12,16-17H2,1-3H3/b19-13+/t25-,26+,28-,30-/m1/s1. The van der Waals surface area contributed by atoms with Gasteiger partial charge in [-0.25, -0.2) is 0 Å². The molecule has 43 heavy (non-hydrogen) atoms. The maximum Gasteiger partial charge on any atom is 0.488 e. The number of phenolic OH excluding ortho intramolecular Hbond substituents is 1. The van der Waals surface area contributed by atoms with Crippen molar-refractivity contribution in [3.63, 3.8) is 0 Å². The van der Waals surface area contributed by atoms with Crippen LogP contribution in [0.1, 0.15) is 58.4 Å². The third-order valence-electron chi connectivity index (χ3n) is 9.02. The lowest BCUT2D eigenvalue weighted by Gasteiger charge is -2.44. The van der Waals surface area contributed by atoms with Gasteiger partial charge >= 0.3 is 14.2 Å². The number of halogens is 1. The van der Waals surface area contributed by atoms with Crippen molar-refractivity contribution in [1.29, 1.82) is 0 Å². The molecule has 11 heteroatoms. The van der Waals surface area contributed by atoms with E-state index in [9.17, 15) is 29.8 Å². The van der Waals surface area contributed by atoms with E-state index in [0.717, 1.165) is 39.6 Å². The second kappa shape index (κ2) is 13.1. The van der Waals surface area contributed by atoms with E-state index in [1.807, 2.05) is 12.1 Å². The number of amides is 2. The van der Waals surface area contributed by atoms with Gasteiger partial charge in [-0.05, 0) is 85.2 Å². The Hall–Kier alpha value is -2.69. The molecule has 0 unspecified atom stereocenters. The van der Waals surface area contributed by atoms with E-state index in [1.165, 1.54) is 17.0 Å². The van der Waals surface area contributed by atoms with Crippen LogP contribution in [0.4, 0.5) is 5.69 Å². The van der Waals surface area contributed by atoms with Gasteiger partial charge in [0.2, 0.25) is 11.8 Å². The van der Waals surface area contributed by atoms with Crippen LogP contribution >= 0.6 is 15.9 Å². The molecule has 2 heterocycles. The quantitative estimate of drug-likeness (QED) is 0.180. The Bertz CT molecular complexity index is 1460. The number of carbonyl (C=O) groups excluding carboxylic acids is 2. The van der Waals surface area contributed by atoms with E-state index in [4.69, 9.17) is 4.65 Å². The summed E-state index contributed by atoms with van der Waals surface area (Å²) < 4.78 is 7.05. The van der Waals surface area contributed by atoms with Crippen molar-refractivity contribution in [3.05, 3.63) is 69.2 Å². The Balaban J connectivity index is 1.46. The molecule has 0 aromatic heterocycles.